The van der Waals surface area contributed by atoms with E-state index in [0.717, 1.165) is 5.56 Å². The molecule has 116 valence electrons. The number of nitrogens with one attached hydrogen (secondary N) is 1. The molecule has 2 rings (SSSR count). The summed E-state index contributed by atoms with van der Waals surface area (Å²) in [6.45, 7) is 1.53. The van der Waals surface area contributed by atoms with Crippen molar-refractivity contribution in [3.8, 4) is 0 Å². The third kappa shape index (κ3) is 4.11. The number of hydrogen-bond donors (Lipinski definition) is 1. The van der Waals surface area contributed by atoms with Crippen molar-refractivity contribution in [3.63, 3.8) is 0 Å². The van der Waals surface area contributed by atoms with Crippen LogP contribution < -0.4 is 5.32 Å². The minimum absolute atomic E-state index is 0.229. The highest BCUT2D eigenvalue weighted by molar-refractivity contribution is 7.09. The fourth-order valence-electron chi connectivity index (χ4n) is 1.82. The van der Waals surface area contributed by atoms with Crippen molar-refractivity contribution in [1.29, 1.82) is 0 Å². The molecule has 7 heteroatoms. The Bertz CT molecular complexity index is 687. The second-order valence-electron chi connectivity index (χ2n) is 4.65. The second-order valence-corrected chi connectivity index (χ2v) is 5.59. The smallest absolute Gasteiger partial charge is 0.328 e. The lowest BCUT2D eigenvalue weighted by atomic mass is 10.1. The molecule has 0 radical (unpaired) electrons. The van der Waals surface area contributed by atoms with Crippen molar-refractivity contribution >= 4 is 23.2 Å². The number of hydrogen-bond acceptors (Lipinski definition) is 5. The van der Waals surface area contributed by atoms with E-state index in [1.807, 2.05) is 0 Å². The average molecular weight is 322 g/mol. The number of halogens is 1. The third-order valence-corrected chi connectivity index (χ3v) is 3.78. The quantitative estimate of drug-likeness (QED) is 0.857. The first-order valence-electron chi connectivity index (χ1n) is 6.57. The number of rotatable bonds is 5. The predicted octanol–water partition coefficient (Wildman–Crippen LogP) is 2.16. The summed E-state index contributed by atoms with van der Waals surface area (Å²) < 4.78 is 17.7. The lowest BCUT2D eigenvalue weighted by Gasteiger charge is -2.09. The number of methoxy groups -OCH3 is 1. The lowest BCUT2D eigenvalue weighted by molar-refractivity contribution is -0.142. The Labute approximate surface area is 131 Å². The Morgan fingerprint density at radius 2 is 2.23 bits per heavy atom. The molecule has 1 aromatic heterocycles. The minimum Gasteiger partial charge on any atom is -0.467 e. The third-order valence-electron chi connectivity index (χ3n) is 2.93. The van der Waals surface area contributed by atoms with Gasteiger partial charge in [0.25, 0.3) is 5.91 Å². The van der Waals surface area contributed by atoms with Crippen molar-refractivity contribution in [1.82, 2.24) is 10.3 Å². The van der Waals surface area contributed by atoms with Crippen LogP contribution in [-0.4, -0.2) is 30.0 Å². The number of ether oxygens (including phenoxy) is 1. The van der Waals surface area contributed by atoms with E-state index in [9.17, 15) is 14.0 Å². The normalized spacial score (nSPS) is 11.8. The summed E-state index contributed by atoms with van der Waals surface area (Å²) in [5.41, 5.74) is 1.01. The summed E-state index contributed by atoms with van der Waals surface area (Å²) in [6, 6.07) is 5.48. The maximum Gasteiger partial charge on any atom is 0.328 e. The molecule has 22 heavy (non-hydrogen) atoms. The van der Waals surface area contributed by atoms with Crippen LogP contribution in [0.2, 0.25) is 0 Å². The van der Waals surface area contributed by atoms with Gasteiger partial charge in [0.15, 0.2) is 0 Å². The first-order chi connectivity index (χ1) is 10.5. The molecule has 1 aromatic carbocycles. The zero-order valence-electron chi connectivity index (χ0n) is 12.1. The number of esters is 1. The molecule has 0 unspecified atom stereocenters. The Morgan fingerprint density at radius 3 is 2.91 bits per heavy atom. The molecule has 0 aliphatic carbocycles. The van der Waals surface area contributed by atoms with E-state index < -0.39 is 17.9 Å². The predicted molar refractivity (Wildman–Crippen MR) is 80.3 cm³/mol. The van der Waals surface area contributed by atoms with Gasteiger partial charge in [-0.3, -0.25) is 4.79 Å². The van der Waals surface area contributed by atoms with E-state index >= 15 is 0 Å². The van der Waals surface area contributed by atoms with Gasteiger partial charge in [-0.25, -0.2) is 14.2 Å². The van der Waals surface area contributed by atoms with E-state index in [4.69, 9.17) is 0 Å². The minimum atomic E-state index is -0.745. The molecule has 0 aliphatic heterocycles. The SMILES string of the molecule is COC(=O)[C@H](C)NC(=O)c1csc(Cc2cccc(F)c2)n1. The monoisotopic (exact) mass is 322 g/mol. The Balaban J connectivity index is 2.02. The molecule has 0 saturated heterocycles. The molecule has 0 spiro atoms. The van der Waals surface area contributed by atoms with Crippen LogP contribution in [0.15, 0.2) is 29.6 Å². The van der Waals surface area contributed by atoms with Gasteiger partial charge < -0.3 is 10.1 Å². The number of carbonyl (C=O) groups is 2. The van der Waals surface area contributed by atoms with Gasteiger partial charge in [-0.1, -0.05) is 12.1 Å². The van der Waals surface area contributed by atoms with E-state index in [0.29, 0.717) is 11.4 Å². The summed E-state index contributed by atoms with van der Waals surface area (Å²) in [7, 11) is 1.25. The van der Waals surface area contributed by atoms with Gasteiger partial charge in [0.05, 0.1) is 12.1 Å². The highest BCUT2D eigenvalue weighted by Crippen LogP contribution is 2.15. The number of amides is 1. The number of aromatic nitrogens is 1. The molecule has 0 saturated carbocycles. The molecular formula is C15H15FN2O3S. The van der Waals surface area contributed by atoms with Gasteiger partial charge in [-0.2, -0.15) is 0 Å². The number of carbonyl (C=O) groups excluding carboxylic acids is 2. The average Bonchev–Trinajstić information content (AvgIpc) is 2.95. The molecule has 1 amide bonds. The van der Waals surface area contributed by atoms with Crippen LogP contribution in [0.25, 0.3) is 0 Å². The molecule has 1 heterocycles. The van der Waals surface area contributed by atoms with Gasteiger partial charge in [-0.15, -0.1) is 11.3 Å². The first kappa shape index (κ1) is 16.1. The molecule has 1 atom stereocenters. The number of thiazole rings is 1. The van der Waals surface area contributed by atoms with Gasteiger partial charge >= 0.3 is 5.97 Å². The molecular weight excluding hydrogens is 307 g/mol. The van der Waals surface area contributed by atoms with Gasteiger partial charge in [0.1, 0.15) is 17.6 Å². The largest absolute Gasteiger partial charge is 0.467 e. The van der Waals surface area contributed by atoms with Crippen LogP contribution in [0, 0.1) is 5.82 Å². The van der Waals surface area contributed by atoms with Crippen molar-refractivity contribution < 1.29 is 18.7 Å². The Morgan fingerprint density at radius 1 is 1.45 bits per heavy atom. The fraction of sp³-hybridized carbons (Fsp3) is 0.267. The van der Waals surface area contributed by atoms with Crippen molar-refractivity contribution in [2.45, 2.75) is 19.4 Å². The van der Waals surface area contributed by atoms with Crippen LogP contribution in [-0.2, 0) is 16.0 Å². The van der Waals surface area contributed by atoms with Gasteiger partial charge in [0, 0.05) is 11.8 Å². The van der Waals surface area contributed by atoms with Crippen LogP contribution in [0.4, 0.5) is 4.39 Å². The lowest BCUT2D eigenvalue weighted by Crippen LogP contribution is -2.39. The maximum absolute atomic E-state index is 13.1. The molecule has 0 bridgehead atoms. The molecule has 1 N–H and O–H groups in total. The zero-order chi connectivity index (χ0) is 16.1. The van der Waals surface area contributed by atoms with E-state index in [1.165, 1.54) is 37.5 Å². The maximum atomic E-state index is 13.1. The second kappa shape index (κ2) is 7.13. The highest BCUT2D eigenvalue weighted by atomic mass is 32.1. The van der Waals surface area contributed by atoms with E-state index in [1.54, 1.807) is 17.5 Å². The van der Waals surface area contributed by atoms with E-state index in [2.05, 4.69) is 15.0 Å². The van der Waals surface area contributed by atoms with Crippen LogP contribution in [0.1, 0.15) is 28.0 Å². The summed E-state index contributed by atoms with van der Waals surface area (Å²) in [5.74, 6) is -1.28. The van der Waals surface area contributed by atoms with Crippen molar-refractivity contribution in [2.24, 2.45) is 0 Å². The summed E-state index contributed by atoms with van der Waals surface area (Å²) >= 11 is 1.31. The first-order valence-corrected chi connectivity index (χ1v) is 7.45. The summed E-state index contributed by atoms with van der Waals surface area (Å²) in [6.07, 6.45) is 0.447. The molecule has 2 aromatic rings. The Hall–Kier alpha value is -2.28. The van der Waals surface area contributed by atoms with Gasteiger partial charge in [-0.05, 0) is 24.6 Å². The van der Waals surface area contributed by atoms with Crippen molar-refractivity contribution in [2.75, 3.05) is 7.11 Å². The topological polar surface area (TPSA) is 68.3 Å². The van der Waals surface area contributed by atoms with E-state index in [-0.39, 0.29) is 11.5 Å². The molecule has 0 fully saturated rings. The van der Waals surface area contributed by atoms with Crippen LogP contribution >= 0.6 is 11.3 Å². The summed E-state index contributed by atoms with van der Waals surface area (Å²) in [5, 5.41) is 4.80. The van der Waals surface area contributed by atoms with Crippen LogP contribution in [0.5, 0.6) is 0 Å². The van der Waals surface area contributed by atoms with Crippen LogP contribution in [0.3, 0.4) is 0 Å². The van der Waals surface area contributed by atoms with Gasteiger partial charge in [0.2, 0.25) is 0 Å². The van der Waals surface area contributed by atoms with Crippen molar-refractivity contribution in [3.05, 3.63) is 51.7 Å². The fourth-order valence-corrected chi connectivity index (χ4v) is 2.63. The highest BCUT2D eigenvalue weighted by Gasteiger charge is 2.18. The molecule has 0 aliphatic rings. The number of benzene rings is 1. The standard InChI is InChI=1S/C15H15FN2O3S/c1-9(15(20)21-2)17-14(19)12-8-22-13(18-12)7-10-4-3-5-11(16)6-10/h3-6,8-9H,7H2,1-2H3,(H,17,19)/t9-/m0/s1. The number of nitrogens with zero attached hydrogens (tertiary/aromatic N) is 1. The summed E-state index contributed by atoms with van der Waals surface area (Å²) in [4.78, 5) is 27.4. The Kier molecular flexibility index (Phi) is 5.21. The zero-order valence-corrected chi connectivity index (χ0v) is 12.9. The molecule has 5 nitrogen and oxygen atoms in total.